The highest BCUT2D eigenvalue weighted by molar-refractivity contribution is 5.44. The molecule has 1 aromatic rings. The van der Waals surface area contributed by atoms with Crippen molar-refractivity contribution in [3.05, 3.63) is 23.8 Å². The first kappa shape index (κ1) is 12.5. The van der Waals surface area contributed by atoms with Gasteiger partial charge in [0.2, 0.25) is 6.79 Å². The Morgan fingerprint density at radius 2 is 1.85 bits per heavy atom. The van der Waals surface area contributed by atoms with E-state index in [0.29, 0.717) is 6.79 Å². The SMILES string of the molecule is c1cc2c(cc1CN1CCCC3CCCCC31)OCO2. The van der Waals surface area contributed by atoms with E-state index in [2.05, 4.69) is 23.1 Å². The van der Waals surface area contributed by atoms with E-state index < -0.39 is 0 Å². The Bertz CT molecular complexity index is 486. The van der Waals surface area contributed by atoms with Gasteiger partial charge in [0, 0.05) is 12.6 Å². The van der Waals surface area contributed by atoms with Crippen LogP contribution >= 0.6 is 0 Å². The molecule has 2 atom stereocenters. The second kappa shape index (κ2) is 5.28. The van der Waals surface area contributed by atoms with Crippen LogP contribution in [-0.2, 0) is 6.54 Å². The summed E-state index contributed by atoms with van der Waals surface area (Å²) in [5.74, 6) is 2.76. The molecule has 0 radical (unpaired) electrons. The first-order chi connectivity index (χ1) is 9.90. The van der Waals surface area contributed by atoms with Crippen molar-refractivity contribution < 1.29 is 9.47 Å². The van der Waals surface area contributed by atoms with Crippen LogP contribution in [-0.4, -0.2) is 24.3 Å². The fourth-order valence-electron chi connectivity index (χ4n) is 4.20. The topological polar surface area (TPSA) is 21.7 Å². The number of nitrogens with zero attached hydrogens (tertiary/aromatic N) is 1. The van der Waals surface area contributed by atoms with Crippen molar-refractivity contribution in [1.82, 2.24) is 4.90 Å². The predicted octanol–water partition coefficient (Wildman–Crippen LogP) is 3.57. The molecular weight excluding hydrogens is 250 g/mol. The lowest BCUT2D eigenvalue weighted by Gasteiger charge is -2.44. The van der Waals surface area contributed by atoms with Crippen LogP contribution in [0.5, 0.6) is 11.5 Å². The fraction of sp³-hybridized carbons (Fsp3) is 0.647. The summed E-state index contributed by atoms with van der Waals surface area (Å²) in [6.45, 7) is 2.70. The number of hydrogen-bond donors (Lipinski definition) is 0. The standard InChI is InChI=1S/C17H23NO2/c1-2-6-15-14(4-1)5-3-9-18(15)11-13-7-8-16-17(10-13)20-12-19-16/h7-8,10,14-15H,1-6,9,11-12H2. The largest absolute Gasteiger partial charge is 0.454 e. The molecule has 0 bridgehead atoms. The molecule has 2 fully saturated rings. The number of piperidine rings is 1. The molecule has 3 heteroatoms. The highest BCUT2D eigenvalue weighted by Crippen LogP contribution is 2.37. The molecule has 0 N–H and O–H groups in total. The van der Waals surface area contributed by atoms with Crippen molar-refractivity contribution >= 4 is 0 Å². The molecule has 0 spiro atoms. The molecule has 1 saturated heterocycles. The Kier molecular flexibility index (Phi) is 3.31. The van der Waals surface area contributed by atoms with Crippen LogP contribution in [0.3, 0.4) is 0 Å². The Morgan fingerprint density at radius 3 is 2.85 bits per heavy atom. The zero-order valence-corrected chi connectivity index (χ0v) is 12.0. The Balaban J connectivity index is 1.50. The van der Waals surface area contributed by atoms with E-state index in [4.69, 9.17) is 9.47 Å². The molecule has 4 rings (SSSR count). The smallest absolute Gasteiger partial charge is 0.231 e. The van der Waals surface area contributed by atoms with E-state index >= 15 is 0 Å². The first-order valence-corrected chi connectivity index (χ1v) is 8.03. The third kappa shape index (κ3) is 2.28. The van der Waals surface area contributed by atoms with E-state index in [0.717, 1.165) is 30.0 Å². The quantitative estimate of drug-likeness (QED) is 0.822. The monoisotopic (exact) mass is 273 g/mol. The van der Waals surface area contributed by atoms with Gasteiger partial charge in [-0.25, -0.2) is 0 Å². The first-order valence-electron chi connectivity index (χ1n) is 8.03. The number of hydrogen-bond acceptors (Lipinski definition) is 3. The third-order valence-corrected chi connectivity index (χ3v) is 5.18. The fourth-order valence-corrected chi connectivity index (χ4v) is 4.20. The van der Waals surface area contributed by atoms with Gasteiger partial charge in [-0.05, 0) is 55.8 Å². The van der Waals surface area contributed by atoms with Crippen LogP contribution < -0.4 is 9.47 Å². The number of benzene rings is 1. The maximum absolute atomic E-state index is 5.49. The van der Waals surface area contributed by atoms with Crippen LogP contribution in [0.25, 0.3) is 0 Å². The van der Waals surface area contributed by atoms with Crippen molar-refractivity contribution in [2.45, 2.75) is 51.1 Å². The lowest BCUT2D eigenvalue weighted by Crippen LogP contribution is -2.46. The molecule has 0 aromatic heterocycles. The van der Waals surface area contributed by atoms with E-state index in [1.54, 1.807) is 0 Å². The molecule has 20 heavy (non-hydrogen) atoms. The highest BCUT2D eigenvalue weighted by atomic mass is 16.7. The molecule has 1 aliphatic carbocycles. The van der Waals surface area contributed by atoms with E-state index in [1.165, 1.54) is 50.6 Å². The van der Waals surface area contributed by atoms with Crippen LogP contribution in [0.2, 0.25) is 0 Å². The number of likely N-dealkylation sites (tertiary alicyclic amines) is 1. The van der Waals surface area contributed by atoms with Gasteiger partial charge < -0.3 is 9.47 Å². The average molecular weight is 273 g/mol. The summed E-state index contributed by atoms with van der Waals surface area (Å²) in [6.07, 6.45) is 8.52. The Labute approximate surface area is 120 Å². The maximum Gasteiger partial charge on any atom is 0.231 e. The molecule has 2 unspecified atom stereocenters. The van der Waals surface area contributed by atoms with Gasteiger partial charge in [0.15, 0.2) is 11.5 Å². The van der Waals surface area contributed by atoms with Gasteiger partial charge in [-0.3, -0.25) is 4.90 Å². The minimum Gasteiger partial charge on any atom is -0.454 e. The molecule has 0 amide bonds. The summed E-state index contributed by atoms with van der Waals surface area (Å²) in [5.41, 5.74) is 1.36. The predicted molar refractivity (Wildman–Crippen MR) is 78.0 cm³/mol. The van der Waals surface area contributed by atoms with Crippen molar-refractivity contribution in [3.8, 4) is 11.5 Å². The maximum atomic E-state index is 5.49. The van der Waals surface area contributed by atoms with Gasteiger partial charge in [0.25, 0.3) is 0 Å². The molecule has 1 saturated carbocycles. The van der Waals surface area contributed by atoms with Crippen molar-refractivity contribution in [2.24, 2.45) is 5.92 Å². The molecule has 2 heterocycles. The van der Waals surface area contributed by atoms with Crippen molar-refractivity contribution in [3.63, 3.8) is 0 Å². The summed E-state index contributed by atoms with van der Waals surface area (Å²) in [6, 6.07) is 7.23. The molecule has 1 aromatic carbocycles. The third-order valence-electron chi connectivity index (χ3n) is 5.18. The lowest BCUT2D eigenvalue weighted by atomic mass is 9.78. The van der Waals surface area contributed by atoms with Crippen LogP contribution in [0.4, 0.5) is 0 Å². The molecule has 3 aliphatic rings. The zero-order chi connectivity index (χ0) is 13.4. The van der Waals surface area contributed by atoms with Gasteiger partial charge in [-0.1, -0.05) is 18.9 Å². The van der Waals surface area contributed by atoms with Gasteiger partial charge in [0.1, 0.15) is 0 Å². The van der Waals surface area contributed by atoms with Gasteiger partial charge in [0.05, 0.1) is 0 Å². The molecule has 3 nitrogen and oxygen atoms in total. The van der Waals surface area contributed by atoms with Crippen molar-refractivity contribution in [1.29, 1.82) is 0 Å². The van der Waals surface area contributed by atoms with Crippen LogP contribution in [0, 0.1) is 5.92 Å². The highest BCUT2D eigenvalue weighted by Gasteiger charge is 2.33. The summed E-state index contributed by atoms with van der Waals surface area (Å²) in [7, 11) is 0. The van der Waals surface area contributed by atoms with E-state index in [-0.39, 0.29) is 0 Å². The number of rotatable bonds is 2. The van der Waals surface area contributed by atoms with Gasteiger partial charge in [-0.2, -0.15) is 0 Å². The van der Waals surface area contributed by atoms with Crippen LogP contribution in [0.15, 0.2) is 18.2 Å². The lowest BCUT2D eigenvalue weighted by molar-refractivity contribution is 0.0546. The molecular formula is C17H23NO2. The summed E-state index contributed by atoms with van der Waals surface area (Å²) >= 11 is 0. The Morgan fingerprint density at radius 1 is 1.00 bits per heavy atom. The number of fused-ring (bicyclic) bond motifs is 2. The second-order valence-corrected chi connectivity index (χ2v) is 6.41. The van der Waals surface area contributed by atoms with Gasteiger partial charge in [-0.15, -0.1) is 0 Å². The van der Waals surface area contributed by atoms with E-state index in [1.807, 2.05) is 0 Å². The van der Waals surface area contributed by atoms with Crippen LogP contribution in [0.1, 0.15) is 44.1 Å². The minimum absolute atomic E-state index is 0.368. The molecule has 2 aliphatic heterocycles. The second-order valence-electron chi connectivity index (χ2n) is 6.41. The van der Waals surface area contributed by atoms with Crippen molar-refractivity contribution in [2.75, 3.05) is 13.3 Å². The number of ether oxygens (including phenoxy) is 2. The normalized spacial score (nSPS) is 29.2. The summed E-state index contributed by atoms with van der Waals surface area (Å²) in [4.78, 5) is 2.71. The van der Waals surface area contributed by atoms with Gasteiger partial charge >= 0.3 is 0 Å². The summed E-state index contributed by atoms with van der Waals surface area (Å²) < 4.78 is 10.9. The zero-order valence-electron chi connectivity index (χ0n) is 12.0. The average Bonchev–Trinajstić information content (AvgIpc) is 2.95. The minimum atomic E-state index is 0.368. The Hall–Kier alpha value is -1.22. The molecule has 108 valence electrons. The van der Waals surface area contributed by atoms with E-state index in [9.17, 15) is 0 Å². The summed E-state index contributed by atoms with van der Waals surface area (Å²) in [5, 5.41) is 0.